The summed E-state index contributed by atoms with van der Waals surface area (Å²) in [6.07, 6.45) is 0.376. The molecule has 7 unspecified atom stereocenters. The van der Waals surface area contributed by atoms with E-state index in [2.05, 4.69) is 13.8 Å². The van der Waals surface area contributed by atoms with Crippen molar-refractivity contribution in [2.75, 3.05) is 6.61 Å². The van der Waals surface area contributed by atoms with E-state index in [9.17, 15) is 9.46 Å². The van der Waals surface area contributed by atoms with Crippen molar-refractivity contribution in [2.45, 2.75) is 77.3 Å². The van der Waals surface area contributed by atoms with Crippen LogP contribution in [0, 0.1) is 17.8 Å². The molecule has 4 radical (unpaired) electrons. The molecule has 2 aliphatic heterocycles. The molecule has 0 aromatic carbocycles. The average molecular weight is 369 g/mol. The van der Waals surface area contributed by atoms with E-state index in [4.69, 9.17) is 34.2 Å². The van der Waals surface area contributed by atoms with Gasteiger partial charge in [-0.2, -0.15) is 0 Å². The van der Waals surface area contributed by atoms with Gasteiger partial charge in [-0.05, 0) is 37.0 Å². The molecule has 2 aliphatic rings. The second-order valence-corrected chi connectivity index (χ2v) is 9.19. The van der Waals surface area contributed by atoms with Crippen molar-refractivity contribution in [1.82, 2.24) is 0 Å². The van der Waals surface area contributed by atoms with Gasteiger partial charge in [0.05, 0.1) is 24.9 Å². The maximum absolute atomic E-state index is 12.2. The Bertz CT molecular complexity index is 478. The maximum atomic E-state index is 12.2. The molecule has 2 heterocycles. The average Bonchev–Trinajstić information content (AvgIpc) is 2.99. The van der Waals surface area contributed by atoms with Crippen LogP contribution in [0.1, 0.15) is 47.0 Å². The molecule has 0 saturated carbocycles. The molecular formula is C16H28B2O6P-. The van der Waals surface area contributed by atoms with Gasteiger partial charge in [0.1, 0.15) is 15.7 Å². The summed E-state index contributed by atoms with van der Waals surface area (Å²) in [5, 5.41) is 0. The van der Waals surface area contributed by atoms with E-state index in [0.717, 1.165) is 0 Å². The van der Waals surface area contributed by atoms with Crippen LogP contribution in [-0.2, 0) is 23.1 Å². The minimum atomic E-state index is -4.48. The Morgan fingerprint density at radius 2 is 1.72 bits per heavy atom. The van der Waals surface area contributed by atoms with E-state index in [0.29, 0.717) is 31.1 Å². The summed E-state index contributed by atoms with van der Waals surface area (Å²) in [6, 6.07) is -0.903. The molecule has 140 valence electrons. The van der Waals surface area contributed by atoms with Crippen molar-refractivity contribution in [3.05, 3.63) is 0 Å². The molecule has 2 saturated heterocycles. The third-order valence-corrected chi connectivity index (χ3v) is 5.78. The van der Waals surface area contributed by atoms with Gasteiger partial charge in [0.15, 0.2) is 0 Å². The summed E-state index contributed by atoms with van der Waals surface area (Å²) in [4.78, 5) is 12.2. The lowest BCUT2D eigenvalue weighted by Gasteiger charge is -2.31. The highest BCUT2D eigenvalue weighted by molar-refractivity contribution is 7.45. The standard InChI is InChI=1S/C16H29B2O6P/c1-9(2)5-12-13(7-16(18)22-12)24-25(19,20)21-8-14-11(10(3)4)6-15(17)23-14/h9-16H,5-8H2,1-4H3,(H,19,20)/p-1. The van der Waals surface area contributed by atoms with Crippen LogP contribution in [0.25, 0.3) is 0 Å². The van der Waals surface area contributed by atoms with Crippen LogP contribution in [0.4, 0.5) is 0 Å². The van der Waals surface area contributed by atoms with Gasteiger partial charge in [-0.25, -0.2) is 0 Å². The molecule has 2 fully saturated rings. The number of phosphoric acid groups is 1. The van der Waals surface area contributed by atoms with Crippen LogP contribution in [-0.4, -0.2) is 52.6 Å². The first-order valence-electron chi connectivity index (χ1n) is 9.03. The van der Waals surface area contributed by atoms with Gasteiger partial charge in [0.25, 0.3) is 7.82 Å². The van der Waals surface area contributed by atoms with Crippen molar-refractivity contribution in [3.63, 3.8) is 0 Å². The number of rotatable bonds is 8. The third-order valence-electron chi connectivity index (χ3n) is 4.78. The van der Waals surface area contributed by atoms with Gasteiger partial charge in [0, 0.05) is 12.0 Å². The van der Waals surface area contributed by atoms with Crippen LogP contribution in [0.15, 0.2) is 0 Å². The lowest BCUT2D eigenvalue weighted by molar-refractivity contribution is -0.233. The van der Waals surface area contributed by atoms with Crippen molar-refractivity contribution in [3.8, 4) is 0 Å². The van der Waals surface area contributed by atoms with Gasteiger partial charge >= 0.3 is 0 Å². The fourth-order valence-electron chi connectivity index (χ4n) is 3.56. The van der Waals surface area contributed by atoms with Gasteiger partial charge in [0.2, 0.25) is 0 Å². The first kappa shape index (κ1) is 21.5. The predicted octanol–water partition coefficient (Wildman–Crippen LogP) is 1.74. The zero-order valence-corrected chi connectivity index (χ0v) is 16.4. The first-order chi connectivity index (χ1) is 11.6. The number of hydrogen-bond acceptors (Lipinski definition) is 6. The minimum Gasteiger partial charge on any atom is -0.756 e. The molecule has 0 aromatic rings. The zero-order chi connectivity index (χ0) is 18.8. The molecule has 0 bridgehead atoms. The van der Waals surface area contributed by atoms with Crippen molar-refractivity contribution in [1.29, 1.82) is 0 Å². The second kappa shape index (κ2) is 8.90. The Morgan fingerprint density at radius 3 is 2.32 bits per heavy atom. The fourth-order valence-corrected chi connectivity index (χ4v) is 4.50. The predicted molar refractivity (Wildman–Crippen MR) is 94.3 cm³/mol. The summed E-state index contributed by atoms with van der Waals surface area (Å²) >= 11 is 0. The van der Waals surface area contributed by atoms with Gasteiger partial charge in [-0.15, -0.1) is 0 Å². The minimum absolute atomic E-state index is 0.0915. The number of phosphoric ester groups is 1. The Labute approximate surface area is 153 Å². The van der Waals surface area contributed by atoms with Crippen LogP contribution >= 0.6 is 7.82 Å². The van der Waals surface area contributed by atoms with Crippen LogP contribution in [0.2, 0.25) is 0 Å². The highest BCUT2D eigenvalue weighted by atomic mass is 31.2. The quantitative estimate of drug-likeness (QED) is 0.479. The summed E-state index contributed by atoms with van der Waals surface area (Å²) in [7, 11) is 7.12. The fraction of sp³-hybridized carbons (Fsp3) is 1.00. The number of hydrogen-bond donors (Lipinski definition) is 0. The van der Waals surface area contributed by atoms with Crippen molar-refractivity contribution >= 4 is 23.5 Å². The first-order valence-corrected chi connectivity index (χ1v) is 10.5. The molecule has 0 aliphatic carbocycles. The maximum Gasteiger partial charge on any atom is 0.268 e. The molecule has 2 rings (SSSR count). The molecule has 25 heavy (non-hydrogen) atoms. The Kier molecular flexibility index (Phi) is 7.64. The second-order valence-electron chi connectivity index (χ2n) is 7.82. The molecule has 0 aromatic heterocycles. The number of ether oxygens (including phenoxy) is 2. The van der Waals surface area contributed by atoms with Crippen molar-refractivity contribution < 1.29 is 28.0 Å². The highest BCUT2D eigenvalue weighted by Gasteiger charge is 2.38. The van der Waals surface area contributed by atoms with E-state index in [1.807, 2.05) is 13.8 Å². The summed E-state index contributed by atoms with van der Waals surface area (Å²) in [5.41, 5.74) is 0. The monoisotopic (exact) mass is 369 g/mol. The Morgan fingerprint density at radius 1 is 1.12 bits per heavy atom. The molecule has 0 N–H and O–H groups in total. The molecule has 6 nitrogen and oxygen atoms in total. The van der Waals surface area contributed by atoms with E-state index in [1.54, 1.807) is 0 Å². The highest BCUT2D eigenvalue weighted by Crippen LogP contribution is 2.45. The van der Waals surface area contributed by atoms with Gasteiger partial charge in [-0.1, -0.05) is 27.7 Å². The largest absolute Gasteiger partial charge is 0.756 e. The Hall–Kier alpha value is 0.160. The lowest BCUT2D eigenvalue weighted by atomic mass is 9.84. The topological polar surface area (TPSA) is 77.1 Å². The summed E-state index contributed by atoms with van der Waals surface area (Å²) in [5.74, 6) is 0.825. The molecule has 7 atom stereocenters. The SMILES string of the molecule is [B]C1CC(OP(=O)([O-])OCC2OC([B])CC2C(C)C)C(CC(C)C)O1. The molecular weight excluding hydrogens is 341 g/mol. The van der Waals surface area contributed by atoms with Crippen molar-refractivity contribution in [2.24, 2.45) is 17.8 Å². The smallest absolute Gasteiger partial charge is 0.268 e. The van der Waals surface area contributed by atoms with Crippen LogP contribution in [0.5, 0.6) is 0 Å². The third kappa shape index (κ3) is 6.37. The van der Waals surface area contributed by atoms with E-state index in [-0.39, 0.29) is 30.7 Å². The van der Waals surface area contributed by atoms with Gasteiger partial charge < -0.3 is 23.4 Å². The summed E-state index contributed by atoms with van der Waals surface area (Å²) in [6.45, 7) is 8.08. The normalized spacial score (nSPS) is 38.5. The molecule has 0 spiro atoms. The van der Waals surface area contributed by atoms with Crippen LogP contribution in [0.3, 0.4) is 0 Å². The zero-order valence-electron chi connectivity index (χ0n) is 15.5. The lowest BCUT2D eigenvalue weighted by Crippen LogP contribution is -2.30. The van der Waals surface area contributed by atoms with E-state index >= 15 is 0 Å². The molecule has 0 amide bonds. The summed E-state index contributed by atoms with van der Waals surface area (Å²) < 4.78 is 33.7. The Balaban J connectivity index is 1.89. The van der Waals surface area contributed by atoms with E-state index < -0.39 is 19.9 Å². The van der Waals surface area contributed by atoms with Crippen LogP contribution < -0.4 is 4.89 Å². The molecule has 9 heteroatoms. The van der Waals surface area contributed by atoms with Gasteiger partial charge in [-0.3, -0.25) is 4.57 Å². The van der Waals surface area contributed by atoms with E-state index in [1.165, 1.54) is 0 Å².